The fraction of sp³-hybridized carbons (Fsp3) is 0.500. The molecule has 0 aromatic carbocycles. The van der Waals surface area contributed by atoms with Gasteiger partial charge in [-0.25, -0.2) is 0 Å². The van der Waals surface area contributed by atoms with Crippen molar-refractivity contribution in [3.63, 3.8) is 0 Å². The number of hydrogen-bond donors (Lipinski definition) is 2. The van der Waals surface area contributed by atoms with E-state index < -0.39 is 24.0 Å². The lowest BCUT2D eigenvalue weighted by Crippen LogP contribution is -2.61. The molecule has 0 radical (unpaired) electrons. The van der Waals surface area contributed by atoms with Crippen LogP contribution in [0, 0.1) is 0 Å². The van der Waals surface area contributed by atoms with Crippen molar-refractivity contribution in [3.05, 3.63) is 22.4 Å². The predicted octanol–water partition coefficient (Wildman–Crippen LogP) is 1.77. The molecular weight excluding hydrogens is 253 g/mol. The maximum Gasteiger partial charge on any atom is 0.420 e. The number of alkyl halides is 3. The Balaban J connectivity index is 2.17. The number of Topliss-reactive ketones (excluding diaryl/α,β-unsaturated/α-hetero) is 1. The summed E-state index contributed by atoms with van der Waals surface area (Å²) in [5.41, 5.74) is -2.27. The molecule has 0 amide bonds. The van der Waals surface area contributed by atoms with Crippen LogP contribution in [0.25, 0.3) is 0 Å². The number of carbonyl (C=O) groups is 1. The highest BCUT2D eigenvalue weighted by Gasteiger charge is 2.57. The summed E-state index contributed by atoms with van der Waals surface area (Å²) in [7, 11) is 0. The normalized spacial score (nSPS) is 19.5. The molecule has 1 aliphatic rings. The van der Waals surface area contributed by atoms with Crippen molar-refractivity contribution < 1.29 is 18.0 Å². The molecule has 1 aromatic heterocycles. The third-order valence-electron chi connectivity index (χ3n) is 2.68. The molecule has 17 heavy (non-hydrogen) atoms. The topological polar surface area (TPSA) is 41.1 Å². The zero-order valence-corrected chi connectivity index (χ0v) is 9.62. The van der Waals surface area contributed by atoms with Crippen LogP contribution in [0.2, 0.25) is 0 Å². The highest BCUT2D eigenvalue weighted by molar-refractivity contribution is 7.12. The summed E-state index contributed by atoms with van der Waals surface area (Å²) in [4.78, 5) is 12.1. The molecule has 94 valence electrons. The molecule has 2 heterocycles. The Hall–Kier alpha value is -0.920. The zero-order chi connectivity index (χ0) is 12.5. The van der Waals surface area contributed by atoms with Gasteiger partial charge in [-0.3, -0.25) is 15.4 Å². The molecule has 0 atom stereocenters. The molecule has 0 unspecified atom stereocenters. The molecule has 0 aliphatic carbocycles. The van der Waals surface area contributed by atoms with Crippen molar-refractivity contribution in [3.8, 4) is 0 Å². The second kappa shape index (κ2) is 4.40. The minimum Gasteiger partial charge on any atom is -0.293 e. The lowest BCUT2D eigenvalue weighted by atomic mass is 10.0. The van der Waals surface area contributed by atoms with Crippen LogP contribution in [0.5, 0.6) is 0 Å². The van der Waals surface area contributed by atoms with Gasteiger partial charge in [0.05, 0.1) is 11.3 Å². The summed E-state index contributed by atoms with van der Waals surface area (Å²) in [5, 5.41) is 6.37. The average molecular weight is 264 g/mol. The van der Waals surface area contributed by atoms with Gasteiger partial charge < -0.3 is 0 Å². The second-order valence-corrected chi connectivity index (χ2v) is 4.78. The Morgan fingerprint density at radius 1 is 1.41 bits per heavy atom. The van der Waals surface area contributed by atoms with E-state index in [4.69, 9.17) is 0 Å². The molecule has 2 rings (SSSR count). The smallest absolute Gasteiger partial charge is 0.293 e. The number of rotatable bonds is 3. The van der Waals surface area contributed by atoms with E-state index in [0.29, 0.717) is 4.88 Å². The van der Waals surface area contributed by atoms with E-state index in [1.165, 1.54) is 6.07 Å². The first-order chi connectivity index (χ1) is 7.95. The lowest BCUT2D eigenvalue weighted by molar-refractivity contribution is -0.198. The molecular formula is C10H11F3N2OS. The Bertz CT molecular complexity index is 396. The Morgan fingerprint density at radius 3 is 2.53 bits per heavy atom. The number of hydrogen-bond acceptors (Lipinski definition) is 4. The van der Waals surface area contributed by atoms with Crippen molar-refractivity contribution in [1.29, 1.82) is 0 Å². The van der Waals surface area contributed by atoms with Crippen molar-refractivity contribution in [1.82, 2.24) is 10.6 Å². The van der Waals surface area contributed by atoms with E-state index in [2.05, 4.69) is 10.6 Å². The molecule has 2 N–H and O–H groups in total. The van der Waals surface area contributed by atoms with Crippen LogP contribution in [0.15, 0.2) is 17.5 Å². The van der Waals surface area contributed by atoms with Crippen LogP contribution in [0.3, 0.4) is 0 Å². The van der Waals surface area contributed by atoms with Gasteiger partial charge in [0.2, 0.25) is 0 Å². The maximum atomic E-state index is 12.9. The van der Waals surface area contributed by atoms with Crippen LogP contribution in [0.4, 0.5) is 13.2 Å². The van der Waals surface area contributed by atoms with Crippen LogP contribution in [-0.4, -0.2) is 30.7 Å². The lowest BCUT2D eigenvalue weighted by Gasteiger charge is -2.31. The molecule has 1 saturated heterocycles. The SMILES string of the molecule is O=C(CC1(C(F)(F)F)NCCN1)c1cccs1. The van der Waals surface area contributed by atoms with Crippen LogP contribution in [0.1, 0.15) is 16.1 Å². The Labute approximate surface area is 100 Å². The van der Waals surface area contributed by atoms with E-state index in [-0.39, 0.29) is 13.1 Å². The first-order valence-electron chi connectivity index (χ1n) is 5.08. The predicted molar refractivity (Wildman–Crippen MR) is 58.1 cm³/mol. The Kier molecular flexibility index (Phi) is 3.24. The zero-order valence-electron chi connectivity index (χ0n) is 8.80. The van der Waals surface area contributed by atoms with Gasteiger partial charge in [0, 0.05) is 13.1 Å². The molecule has 1 fully saturated rings. The van der Waals surface area contributed by atoms with Gasteiger partial charge in [-0.1, -0.05) is 6.07 Å². The maximum absolute atomic E-state index is 12.9. The molecule has 0 saturated carbocycles. The summed E-state index contributed by atoms with van der Waals surface area (Å²) in [5.74, 6) is -0.501. The van der Waals surface area contributed by atoms with Gasteiger partial charge >= 0.3 is 6.18 Å². The molecule has 0 bridgehead atoms. The molecule has 7 heteroatoms. The summed E-state index contributed by atoms with van der Waals surface area (Å²) in [6.07, 6.45) is -5.10. The summed E-state index contributed by atoms with van der Waals surface area (Å²) in [6.45, 7) is 0.411. The summed E-state index contributed by atoms with van der Waals surface area (Å²) < 4.78 is 38.8. The molecule has 3 nitrogen and oxygen atoms in total. The second-order valence-electron chi connectivity index (χ2n) is 3.83. The van der Waals surface area contributed by atoms with Gasteiger partial charge in [-0.2, -0.15) is 13.2 Å². The third kappa shape index (κ3) is 2.36. The number of halogens is 3. The average Bonchev–Trinajstić information content (AvgIpc) is 2.86. The first-order valence-corrected chi connectivity index (χ1v) is 5.96. The quantitative estimate of drug-likeness (QED) is 0.818. The van der Waals surface area contributed by atoms with Gasteiger partial charge in [0.1, 0.15) is 0 Å². The number of thiophene rings is 1. The van der Waals surface area contributed by atoms with E-state index in [0.717, 1.165) is 11.3 Å². The molecule has 1 aliphatic heterocycles. The van der Waals surface area contributed by atoms with Crippen molar-refractivity contribution in [2.75, 3.05) is 13.1 Å². The van der Waals surface area contributed by atoms with Gasteiger partial charge in [-0.05, 0) is 11.4 Å². The number of carbonyl (C=O) groups excluding carboxylic acids is 1. The van der Waals surface area contributed by atoms with Crippen molar-refractivity contribution >= 4 is 17.1 Å². The standard InChI is InChI=1S/C10H11F3N2OS/c11-10(12,13)9(14-3-4-15-9)6-7(16)8-2-1-5-17-8/h1-2,5,14-15H,3-4,6H2. The van der Waals surface area contributed by atoms with E-state index >= 15 is 0 Å². The van der Waals surface area contributed by atoms with E-state index in [1.807, 2.05) is 0 Å². The van der Waals surface area contributed by atoms with Crippen molar-refractivity contribution in [2.45, 2.75) is 18.3 Å². The fourth-order valence-corrected chi connectivity index (χ4v) is 2.47. The van der Waals surface area contributed by atoms with Crippen LogP contribution >= 0.6 is 11.3 Å². The first kappa shape index (κ1) is 12.5. The number of nitrogens with one attached hydrogen (secondary N) is 2. The van der Waals surface area contributed by atoms with Gasteiger partial charge in [0.25, 0.3) is 0 Å². The van der Waals surface area contributed by atoms with E-state index in [1.54, 1.807) is 11.4 Å². The minimum absolute atomic E-state index is 0.206. The number of ketones is 1. The highest BCUT2D eigenvalue weighted by atomic mass is 32.1. The summed E-state index contributed by atoms with van der Waals surface area (Å²) in [6, 6.07) is 3.18. The highest BCUT2D eigenvalue weighted by Crippen LogP contribution is 2.33. The molecule has 0 spiro atoms. The monoisotopic (exact) mass is 264 g/mol. The van der Waals surface area contributed by atoms with Crippen LogP contribution in [-0.2, 0) is 0 Å². The third-order valence-corrected chi connectivity index (χ3v) is 3.60. The largest absolute Gasteiger partial charge is 0.420 e. The van der Waals surface area contributed by atoms with Crippen molar-refractivity contribution in [2.24, 2.45) is 0 Å². The van der Waals surface area contributed by atoms with Crippen LogP contribution < -0.4 is 10.6 Å². The van der Waals surface area contributed by atoms with E-state index in [9.17, 15) is 18.0 Å². The van der Waals surface area contributed by atoms with Gasteiger partial charge in [-0.15, -0.1) is 11.3 Å². The van der Waals surface area contributed by atoms with Gasteiger partial charge in [0.15, 0.2) is 11.4 Å². The Morgan fingerprint density at radius 2 is 2.06 bits per heavy atom. The molecule has 1 aromatic rings. The fourth-order valence-electron chi connectivity index (χ4n) is 1.81. The minimum atomic E-state index is -4.49. The summed E-state index contributed by atoms with van der Waals surface area (Å²) >= 11 is 1.15.